The molecule has 0 aliphatic heterocycles. The Kier molecular flexibility index (Phi) is 28.5. The molecule has 0 aromatic carbocycles. The van der Waals surface area contributed by atoms with E-state index in [4.69, 9.17) is 29.1 Å². The fourth-order valence-corrected chi connectivity index (χ4v) is 0. The Bertz CT molecular complexity index is 62.1. The summed E-state index contributed by atoms with van der Waals surface area (Å²) in [6.45, 7) is -0.250. The molecule has 0 amide bonds. The van der Waals surface area contributed by atoms with E-state index in [0.717, 1.165) is 0 Å². The molecule has 0 aromatic rings. The maximum absolute atomic E-state index is 8.36. The van der Waals surface area contributed by atoms with Gasteiger partial charge in [0.15, 0.2) is 17.4 Å². The Morgan fingerprint density at radius 2 is 1.20 bits per heavy atom. The van der Waals surface area contributed by atoms with E-state index in [1.165, 1.54) is 0 Å². The van der Waals surface area contributed by atoms with E-state index in [-0.39, 0.29) is 54.8 Å². The van der Waals surface area contributed by atoms with Crippen molar-refractivity contribution in [3.05, 3.63) is 0 Å². The number of rotatable bonds is 0. The summed E-state index contributed by atoms with van der Waals surface area (Å²) >= 11 is 0. The molecule has 0 fully saturated rings. The largest absolute Gasteiger partial charge is 1.00 e. The second-order valence-corrected chi connectivity index (χ2v) is 1.91. The predicted molar refractivity (Wildman–Crippen MR) is 34.4 cm³/mol. The maximum atomic E-state index is 8.36. The van der Waals surface area contributed by atoms with Gasteiger partial charge in [-0.2, -0.15) is 0 Å². The molecule has 0 aliphatic carbocycles. The van der Waals surface area contributed by atoms with Crippen LogP contribution in [0, 0.1) is 0 Å². The fraction of sp³-hybridized carbons (Fsp3) is 0. The average molecular weight is 196 g/mol. The van der Waals surface area contributed by atoms with Gasteiger partial charge in [-0.05, 0) is 0 Å². The molecule has 0 aromatic heterocycles. The van der Waals surface area contributed by atoms with Crippen molar-refractivity contribution in [3.8, 4) is 0 Å². The van der Waals surface area contributed by atoms with Gasteiger partial charge in [-0.25, -0.2) is 0 Å². The molecular weight excluding hydrogens is 186 g/mol. The first kappa shape index (κ1) is 22.5. The van der Waals surface area contributed by atoms with Crippen LogP contribution in [-0.4, -0.2) is 57.2 Å². The van der Waals surface area contributed by atoms with E-state index in [9.17, 15) is 0 Å². The normalized spacial score (nSPS) is 7.20. The Hall–Kier alpha value is 1.06. The molecule has 0 rings (SSSR count). The quantitative estimate of drug-likeness (QED) is 0.194. The first-order valence-electron chi connectivity index (χ1n) is 1.39. The van der Waals surface area contributed by atoms with Gasteiger partial charge in [0.2, 0.25) is 0 Å². The minimum atomic E-state index is -4.61. The molecule has 0 radical (unpaired) electrons. The van der Waals surface area contributed by atoms with E-state index < -0.39 is 9.05 Å². The van der Waals surface area contributed by atoms with Crippen LogP contribution in [0.3, 0.4) is 0 Å². The van der Waals surface area contributed by atoms with Crippen molar-refractivity contribution in [1.82, 2.24) is 0 Å². The molecule has 58 valence electrons. The van der Waals surface area contributed by atoms with Gasteiger partial charge < -0.3 is 25.7 Å². The van der Waals surface area contributed by atoms with Crippen molar-refractivity contribution >= 4 is 32.9 Å². The van der Waals surface area contributed by atoms with E-state index >= 15 is 0 Å². The Balaban J connectivity index is -0.0000000183. The van der Waals surface area contributed by atoms with Crippen molar-refractivity contribution < 1.29 is 60.1 Å². The smallest absolute Gasteiger partial charge is 1.00 e. The van der Waals surface area contributed by atoms with Crippen LogP contribution >= 0.6 is 0 Å². The summed E-state index contributed by atoms with van der Waals surface area (Å²) in [5.41, 5.74) is 0. The molecule has 0 bridgehead atoms. The summed E-state index contributed by atoms with van der Waals surface area (Å²) in [6, 6.07) is 0. The van der Waals surface area contributed by atoms with Gasteiger partial charge in [0, 0.05) is 0 Å². The molecule has 9 heteroatoms. The minimum absolute atomic E-state index is 0. The van der Waals surface area contributed by atoms with Gasteiger partial charge in [0.25, 0.3) is 6.47 Å². The molecule has 0 atom stereocenters. The summed E-state index contributed by atoms with van der Waals surface area (Å²) in [5.74, 6) is 0. The van der Waals surface area contributed by atoms with E-state index in [0.29, 0.717) is 0 Å². The average Bonchev–Trinajstić information content (AvgIpc) is 1.27. The molecule has 0 aliphatic rings. The van der Waals surface area contributed by atoms with Crippen molar-refractivity contribution in [2.45, 2.75) is 0 Å². The molecule has 0 spiro atoms. The van der Waals surface area contributed by atoms with Crippen molar-refractivity contribution in [2.75, 3.05) is 0 Å². The first-order chi connectivity index (χ1) is 3.41. The fourth-order valence-electron chi connectivity index (χ4n) is 0. The monoisotopic (exact) mass is 196 g/mol. The van der Waals surface area contributed by atoms with Crippen LogP contribution < -0.4 is 29.6 Å². The van der Waals surface area contributed by atoms with Gasteiger partial charge >= 0.3 is 38.6 Å². The van der Waals surface area contributed by atoms with E-state index in [1.54, 1.807) is 0 Å². The van der Waals surface area contributed by atoms with Gasteiger partial charge in [0.05, 0.1) is 0 Å². The summed E-state index contributed by atoms with van der Waals surface area (Å²) in [5, 5.41) is 6.89. The third-order valence-electron chi connectivity index (χ3n) is 0. The summed E-state index contributed by atoms with van der Waals surface area (Å²) in [7, 11) is -4.61. The zero-order chi connectivity index (χ0) is 7.21. The number of hydrogen-bond acceptors (Lipinski definition) is 5. The van der Waals surface area contributed by atoms with Crippen molar-refractivity contribution in [3.63, 3.8) is 0 Å². The predicted octanol–water partition coefficient (Wildman–Crippen LogP) is -6.98. The Morgan fingerprint density at radius 1 is 1.20 bits per heavy atom. The zero-order valence-electron chi connectivity index (χ0n) is 5.72. The number of hydrogen-bond donors (Lipinski definition) is 5. The second-order valence-electron chi connectivity index (χ2n) is 0.705. The molecule has 0 heterocycles. The molecule has 5 N–H and O–H groups in total. The summed E-state index contributed by atoms with van der Waals surface area (Å²) in [6.07, 6.45) is 0. The van der Waals surface area contributed by atoms with Gasteiger partial charge in [0.1, 0.15) is 0 Å². The van der Waals surface area contributed by atoms with Crippen LogP contribution in [0.1, 0.15) is 1.43 Å². The third kappa shape index (κ3) is 524. The molecule has 6 nitrogen and oxygen atoms in total. The summed E-state index contributed by atoms with van der Waals surface area (Å²) < 4.78 is 0. The van der Waals surface area contributed by atoms with Crippen molar-refractivity contribution in [1.29, 1.82) is 0 Å². The van der Waals surface area contributed by atoms with E-state index in [2.05, 4.69) is 0 Å². The molecule has 10 heavy (non-hydrogen) atoms. The van der Waals surface area contributed by atoms with Crippen LogP contribution in [-0.2, 0) is 4.79 Å². The van der Waals surface area contributed by atoms with Gasteiger partial charge in [-0.1, -0.05) is 0 Å². The number of carboxylic acid groups (broad SMARTS) is 1. The summed E-state index contributed by atoms with van der Waals surface area (Å²) in [4.78, 5) is 37.7. The van der Waals surface area contributed by atoms with Gasteiger partial charge in [-0.3, -0.25) is 4.79 Å². The molecule has 0 saturated carbocycles. The second kappa shape index (κ2) is 12.7. The third-order valence-corrected chi connectivity index (χ3v) is 0. The SMILES string of the molecule is O=CO.O[Si](O)(O)O.[AlH3].[H-].[Na+]. The Labute approximate surface area is 92.5 Å². The van der Waals surface area contributed by atoms with Crippen LogP contribution in [0.25, 0.3) is 0 Å². The molecule has 0 saturated heterocycles. The molecular formula is CH10AlNaO6Si. The standard InChI is InChI=1S/CH2O2.Al.Na.H4O4Si.4H/c2-1-3;;;1-5(2,3)4;;;;/h1H,(H,2,3);;;1-4H;;;;/q;;+1;;;;;-1. The van der Waals surface area contributed by atoms with Crippen molar-refractivity contribution in [2.24, 2.45) is 0 Å². The Morgan fingerprint density at radius 3 is 1.20 bits per heavy atom. The van der Waals surface area contributed by atoms with Crippen LogP contribution in [0.15, 0.2) is 0 Å². The van der Waals surface area contributed by atoms with Gasteiger partial charge in [-0.15, -0.1) is 0 Å². The van der Waals surface area contributed by atoms with E-state index in [1.807, 2.05) is 0 Å². The molecule has 0 unspecified atom stereocenters. The number of carbonyl (C=O) groups is 1. The zero-order valence-corrected chi connectivity index (χ0v) is 7.72. The maximum Gasteiger partial charge on any atom is 1.00 e. The van der Waals surface area contributed by atoms with Crippen LogP contribution in [0.4, 0.5) is 0 Å². The first-order valence-corrected chi connectivity index (χ1v) is 3.18. The van der Waals surface area contributed by atoms with Crippen LogP contribution in [0.2, 0.25) is 0 Å². The van der Waals surface area contributed by atoms with Crippen LogP contribution in [0.5, 0.6) is 0 Å². The minimum Gasteiger partial charge on any atom is -1.00 e. The topological polar surface area (TPSA) is 118 Å².